The van der Waals surface area contributed by atoms with Crippen LogP contribution in [0.25, 0.3) is 0 Å². The van der Waals surface area contributed by atoms with Crippen LogP contribution in [-0.4, -0.2) is 16.9 Å². The first-order valence-electron chi connectivity index (χ1n) is 7.20. The first-order chi connectivity index (χ1) is 12.7. The lowest BCUT2D eigenvalue weighted by atomic mass is 10.1. The third-order valence-electron chi connectivity index (χ3n) is 3.43. The van der Waals surface area contributed by atoms with E-state index in [1.54, 1.807) is 0 Å². The molecule has 2 rings (SSSR count). The van der Waals surface area contributed by atoms with Gasteiger partial charge in [0.2, 0.25) is 11.6 Å². The predicted molar refractivity (Wildman–Crippen MR) is 76.9 cm³/mol. The molecule has 0 aliphatic heterocycles. The molecule has 2 aromatic carbocycles. The van der Waals surface area contributed by atoms with Gasteiger partial charge < -0.3 is 4.55 Å². The highest BCUT2D eigenvalue weighted by atomic mass is 32.2. The maximum Gasteiger partial charge on any atom is 0.393 e. The van der Waals surface area contributed by atoms with E-state index >= 15 is 0 Å². The van der Waals surface area contributed by atoms with E-state index in [-0.39, 0.29) is 0 Å². The summed E-state index contributed by atoms with van der Waals surface area (Å²) < 4.78 is 142. The van der Waals surface area contributed by atoms with Crippen molar-refractivity contribution in [2.24, 2.45) is 0 Å². The summed E-state index contributed by atoms with van der Waals surface area (Å²) in [6.07, 6.45) is -13.4. The Morgan fingerprint density at radius 3 is 1.21 bits per heavy atom. The molecule has 0 saturated carbocycles. The third kappa shape index (κ3) is 5.10. The van der Waals surface area contributed by atoms with E-state index in [1.807, 2.05) is 0 Å². The molecule has 0 spiro atoms. The second-order valence-electron chi connectivity index (χ2n) is 5.55. The summed E-state index contributed by atoms with van der Waals surface area (Å²) in [5.74, 6) is -7.89. The average molecular weight is 438 g/mol. The summed E-state index contributed by atoms with van der Waals surface area (Å²) in [6, 6.07) is 1.95. The zero-order valence-corrected chi connectivity index (χ0v) is 14.1. The maximum absolute atomic E-state index is 14.0. The van der Waals surface area contributed by atoms with E-state index in [4.69, 9.17) is 0 Å². The van der Waals surface area contributed by atoms with Crippen LogP contribution >= 0.6 is 0 Å². The predicted octanol–water partition coefficient (Wildman–Crippen LogP) is 5.62. The van der Waals surface area contributed by atoms with Gasteiger partial charge in [-0.3, -0.25) is 0 Å². The molecule has 0 N–H and O–H groups in total. The molecule has 1 nitrogen and oxygen atoms in total. The molecule has 0 amide bonds. The number of hydrogen-bond donors (Lipinski definition) is 0. The Bertz CT molecular complexity index is 804. The molecule has 0 bridgehead atoms. The molecular formula is C16H8F10OS. The largest absolute Gasteiger partial charge is 0.606 e. The minimum absolute atomic E-state index is 0.478. The standard InChI is InChI=1S/C16H8F10OS/c17-11-7(5-15(21,22)23)1-3-9(13(11)19)28(27)10-4-2-8(6-16(24,25)26)12(18)14(10)20/h1-4H,5-6H2. The molecule has 2 aromatic rings. The van der Waals surface area contributed by atoms with Crippen molar-refractivity contribution in [2.75, 3.05) is 0 Å². The molecule has 0 fully saturated rings. The molecule has 0 aromatic heterocycles. The molecule has 28 heavy (non-hydrogen) atoms. The molecule has 0 atom stereocenters. The maximum atomic E-state index is 14.0. The fourth-order valence-corrected chi connectivity index (χ4v) is 3.38. The Kier molecular flexibility index (Phi) is 6.24. The van der Waals surface area contributed by atoms with Gasteiger partial charge in [-0.2, -0.15) is 35.1 Å². The zero-order valence-electron chi connectivity index (χ0n) is 13.3. The highest BCUT2D eigenvalue weighted by molar-refractivity contribution is 7.91. The summed E-state index contributed by atoms with van der Waals surface area (Å²) >= 11 is -2.95. The monoisotopic (exact) mass is 438 g/mol. The van der Waals surface area contributed by atoms with Gasteiger partial charge in [-0.25, -0.2) is 8.78 Å². The number of hydrogen-bond acceptors (Lipinski definition) is 1. The number of rotatable bonds is 4. The molecular weight excluding hydrogens is 430 g/mol. The van der Waals surface area contributed by atoms with Crippen LogP contribution < -0.4 is 0 Å². The van der Waals surface area contributed by atoms with Crippen molar-refractivity contribution in [1.29, 1.82) is 0 Å². The molecule has 0 radical (unpaired) electrons. The quantitative estimate of drug-likeness (QED) is 0.449. The van der Waals surface area contributed by atoms with E-state index in [0.29, 0.717) is 24.3 Å². The van der Waals surface area contributed by atoms with Crippen molar-refractivity contribution in [3.8, 4) is 0 Å². The topological polar surface area (TPSA) is 23.1 Å². The Labute approximate surface area is 154 Å². The van der Waals surface area contributed by atoms with Crippen LogP contribution in [0.2, 0.25) is 0 Å². The van der Waals surface area contributed by atoms with E-state index in [0.717, 1.165) is 0 Å². The van der Waals surface area contributed by atoms with Gasteiger partial charge in [0, 0.05) is 22.3 Å². The van der Waals surface area contributed by atoms with Gasteiger partial charge >= 0.3 is 12.4 Å². The van der Waals surface area contributed by atoms with Crippen molar-refractivity contribution in [1.82, 2.24) is 0 Å². The van der Waals surface area contributed by atoms with Crippen LogP contribution in [-0.2, 0) is 24.0 Å². The lowest BCUT2D eigenvalue weighted by molar-refractivity contribution is -0.128. The highest BCUT2D eigenvalue weighted by Crippen LogP contribution is 2.33. The zero-order chi connectivity index (χ0) is 21.4. The normalized spacial score (nSPS) is 12.7. The summed E-state index contributed by atoms with van der Waals surface area (Å²) in [4.78, 5) is -2.18. The van der Waals surface area contributed by atoms with Crippen LogP contribution in [0.5, 0.6) is 0 Å². The van der Waals surface area contributed by atoms with E-state index in [9.17, 15) is 48.5 Å². The van der Waals surface area contributed by atoms with Gasteiger partial charge in [0.05, 0.1) is 12.8 Å². The van der Waals surface area contributed by atoms with Crippen LogP contribution in [0.3, 0.4) is 0 Å². The summed E-state index contributed by atoms with van der Waals surface area (Å²) in [7, 11) is 0. The minimum atomic E-state index is -4.86. The first-order valence-corrected chi connectivity index (χ1v) is 8.35. The van der Waals surface area contributed by atoms with E-state index < -0.39 is 80.6 Å². The molecule has 0 heterocycles. The van der Waals surface area contributed by atoms with Crippen molar-refractivity contribution < 1.29 is 48.5 Å². The second-order valence-corrected chi connectivity index (χ2v) is 6.97. The smallest absolute Gasteiger partial charge is 0.393 e. The first kappa shape index (κ1) is 22.3. The Morgan fingerprint density at radius 2 is 0.929 bits per heavy atom. The van der Waals surface area contributed by atoms with Crippen molar-refractivity contribution in [3.05, 3.63) is 58.7 Å². The second kappa shape index (κ2) is 7.82. The molecule has 0 saturated heterocycles. The fraction of sp³-hybridized carbons (Fsp3) is 0.250. The SMILES string of the molecule is [O-][S+](c1ccc(CC(F)(F)F)c(F)c1F)c1ccc(CC(F)(F)F)c(F)c1F. The number of alkyl halides is 6. The van der Waals surface area contributed by atoms with Gasteiger partial charge in [-0.15, -0.1) is 0 Å². The minimum Gasteiger partial charge on any atom is -0.606 e. The molecule has 0 aliphatic carbocycles. The Morgan fingerprint density at radius 1 is 0.607 bits per heavy atom. The van der Waals surface area contributed by atoms with Crippen molar-refractivity contribution in [3.63, 3.8) is 0 Å². The van der Waals surface area contributed by atoms with Crippen LogP contribution in [0.15, 0.2) is 34.1 Å². The van der Waals surface area contributed by atoms with Crippen LogP contribution in [0.4, 0.5) is 43.9 Å². The molecule has 154 valence electrons. The lowest BCUT2D eigenvalue weighted by Crippen LogP contribution is -2.16. The van der Waals surface area contributed by atoms with E-state index in [2.05, 4.69) is 0 Å². The van der Waals surface area contributed by atoms with Gasteiger partial charge in [0.25, 0.3) is 0 Å². The molecule has 0 aliphatic rings. The summed E-state index contributed by atoms with van der Waals surface area (Å²) in [5, 5.41) is 0. The molecule has 12 heteroatoms. The van der Waals surface area contributed by atoms with Gasteiger partial charge in [-0.05, 0) is 12.1 Å². The van der Waals surface area contributed by atoms with Crippen LogP contribution in [0, 0.1) is 23.3 Å². The van der Waals surface area contributed by atoms with Gasteiger partial charge in [0.15, 0.2) is 21.4 Å². The van der Waals surface area contributed by atoms with E-state index in [1.165, 1.54) is 0 Å². The number of benzene rings is 2. The summed E-state index contributed by atoms with van der Waals surface area (Å²) in [5.41, 5.74) is -2.20. The Hall–Kier alpha value is -1.95. The highest BCUT2D eigenvalue weighted by Gasteiger charge is 2.35. The fourth-order valence-electron chi connectivity index (χ4n) is 2.25. The lowest BCUT2D eigenvalue weighted by Gasteiger charge is -2.15. The molecule has 0 unspecified atom stereocenters. The average Bonchev–Trinajstić information content (AvgIpc) is 2.54. The number of halogens is 10. The van der Waals surface area contributed by atoms with Gasteiger partial charge in [0.1, 0.15) is 0 Å². The Balaban J connectivity index is 2.42. The van der Waals surface area contributed by atoms with Crippen LogP contribution in [0.1, 0.15) is 11.1 Å². The van der Waals surface area contributed by atoms with Crippen molar-refractivity contribution in [2.45, 2.75) is 35.0 Å². The summed E-state index contributed by atoms with van der Waals surface area (Å²) in [6.45, 7) is 0. The van der Waals surface area contributed by atoms with Crippen molar-refractivity contribution >= 4 is 11.2 Å². The third-order valence-corrected chi connectivity index (χ3v) is 4.86. The van der Waals surface area contributed by atoms with Gasteiger partial charge in [-0.1, -0.05) is 12.1 Å².